The molecule has 1 saturated heterocycles. The van der Waals surface area contributed by atoms with E-state index in [0.717, 1.165) is 5.69 Å². The largest absolute Gasteiger partial charge is 0.399 e. The van der Waals surface area contributed by atoms with Crippen LogP contribution in [-0.2, 0) is 0 Å². The molecule has 1 aliphatic heterocycles. The summed E-state index contributed by atoms with van der Waals surface area (Å²) in [5, 5.41) is 6.10. The number of benzene rings is 7. The highest BCUT2D eigenvalue weighted by Crippen LogP contribution is 2.52. The lowest BCUT2D eigenvalue weighted by Crippen LogP contribution is -1.95. The highest BCUT2D eigenvalue weighted by Gasteiger charge is 2.27. The highest BCUT2D eigenvalue weighted by atomic mass is 32.2. The molecule has 240 valence electrons. The van der Waals surface area contributed by atoms with Crippen molar-refractivity contribution in [3.05, 3.63) is 175 Å². The number of fused-ring (bicyclic) bond motifs is 6. The van der Waals surface area contributed by atoms with Gasteiger partial charge in [0.05, 0.1) is 22.1 Å². The van der Waals surface area contributed by atoms with E-state index in [1.807, 2.05) is 12.1 Å². The number of nitrogens with two attached hydrogens (primary N) is 1. The number of rotatable bonds is 5. The number of para-hydroxylation sites is 3. The van der Waals surface area contributed by atoms with Crippen molar-refractivity contribution in [1.82, 2.24) is 9.13 Å². The summed E-state index contributed by atoms with van der Waals surface area (Å²) in [6.07, 6.45) is 2.40. The molecule has 0 amide bonds. The molecule has 0 saturated carbocycles. The molecule has 2 unspecified atom stereocenters. The predicted molar refractivity (Wildman–Crippen MR) is 214 cm³/mol. The Hall–Kier alpha value is -5.71. The van der Waals surface area contributed by atoms with Gasteiger partial charge in [0.2, 0.25) is 0 Å². The fraction of sp³-hybridized carbons (Fsp3) is 0.0870. The van der Waals surface area contributed by atoms with Crippen LogP contribution in [0.4, 0.5) is 5.69 Å². The summed E-state index contributed by atoms with van der Waals surface area (Å²) in [5.74, 6) is 0. The normalized spacial score (nSPS) is 16.2. The van der Waals surface area contributed by atoms with Crippen LogP contribution < -0.4 is 5.73 Å². The van der Waals surface area contributed by atoms with Crippen molar-refractivity contribution in [2.75, 3.05) is 5.73 Å². The molecule has 9 aromatic rings. The molecule has 2 atom stereocenters. The van der Waals surface area contributed by atoms with Gasteiger partial charge in [0, 0.05) is 49.1 Å². The van der Waals surface area contributed by atoms with Gasteiger partial charge in [-0.25, -0.2) is 0 Å². The predicted octanol–water partition coefficient (Wildman–Crippen LogP) is 12.4. The topological polar surface area (TPSA) is 35.9 Å². The van der Waals surface area contributed by atoms with Crippen LogP contribution in [0.1, 0.15) is 34.5 Å². The van der Waals surface area contributed by atoms with Gasteiger partial charge < -0.3 is 14.9 Å². The number of hydrogen-bond donors (Lipinski definition) is 1. The summed E-state index contributed by atoms with van der Waals surface area (Å²) >= 11 is 2.08. The number of hydrogen-bond acceptors (Lipinski definition) is 2. The molecule has 7 aromatic carbocycles. The fourth-order valence-electron chi connectivity index (χ4n) is 8.11. The first kappa shape index (κ1) is 29.2. The minimum atomic E-state index is 0.520. The van der Waals surface area contributed by atoms with E-state index in [-0.39, 0.29) is 0 Å². The van der Waals surface area contributed by atoms with Crippen LogP contribution in [0.25, 0.3) is 66.1 Å². The Morgan fingerprint density at radius 1 is 0.420 bits per heavy atom. The third-order valence-electron chi connectivity index (χ3n) is 10.5. The smallest absolute Gasteiger partial charge is 0.0542 e. The van der Waals surface area contributed by atoms with Gasteiger partial charge >= 0.3 is 0 Å². The van der Waals surface area contributed by atoms with E-state index < -0.39 is 0 Å². The SMILES string of the molecule is Nc1ccc(C2CCC(c3ccc(-c4ccc5c(c4)c4ccccc4n5-c4ccc5c(c4)c4ccccc4n5-c4ccccc4)cc3)S2)cc1. The van der Waals surface area contributed by atoms with Crippen LogP contribution in [0.15, 0.2) is 164 Å². The van der Waals surface area contributed by atoms with Gasteiger partial charge in [0.25, 0.3) is 0 Å². The number of thioether (sulfide) groups is 1. The minimum absolute atomic E-state index is 0.520. The van der Waals surface area contributed by atoms with E-state index in [4.69, 9.17) is 5.73 Å². The van der Waals surface area contributed by atoms with Gasteiger partial charge in [0.15, 0.2) is 0 Å². The van der Waals surface area contributed by atoms with E-state index >= 15 is 0 Å². The zero-order valence-electron chi connectivity index (χ0n) is 27.5. The van der Waals surface area contributed by atoms with Gasteiger partial charge in [0.1, 0.15) is 0 Å². The Morgan fingerprint density at radius 2 is 0.920 bits per heavy atom. The Morgan fingerprint density at radius 3 is 1.58 bits per heavy atom. The Labute approximate surface area is 295 Å². The molecule has 10 rings (SSSR count). The molecule has 50 heavy (non-hydrogen) atoms. The third-order valence-corrected chi connectivity index (χ3v) is 12.2. The summed E-state index contributed by atoms with van der Waals surface area (Å²) in [7, 11) is 0. The van der Waals surface area contributed by atoms with Crippen LogP contribution >= 0.6 is 11.8 Å². The maximum absolute atomic E-state index is 5.94. The highest BCUT2D eigenvalue weighted by molar-refractivity contribution is 8.00. The van der Waals surface area contributed by atoms with Crippen molar-refractivity contribution >= 4 is 61.1 Å². The molecule has 3 heterocycles. The summed E-state index contributed by atoms with van der Waals surface area (Å²) in [4.78, 5) is 0. The van der Waals surface area contributed by atoms with E-state index in [0.29, 0.717) is 10.5 Å². The number of nitrogen functional groups attached to an aromatic ring is 1. The molecule has 0 radical (unpaired) electrons. The summed E-state index contributed by atoms with van der Waals surface area (Å²) in [6.45, 7) is 0. The lowest BCUT2D eigenvalue weighted by atomic mass is 9.99. The van der Waals surface area contributed by atoms with Crippen molar-refractivity contribution in [3.8, 4) is 22.5 Å². The molecule has 0 spiro atoms. The molecule has 0 aliphatic carbocycles. The van der Waals surface area contributed by atoms with Gasteiger partial charge in [-0.1, -0.05) is 97.1 Å². The Balaban J connectivity index is 1.03. The maximum atomic E-state index is 5.94. The van der Waals surface area contributed by atoms with E-state index in [2.05, 4.69) is 173 Å². The molecular formula is C46H35N3S. The van der Waals surface area contributed by atoms with Gasteiger partial charge in [-0.2, -0.15) is 0 Å². The molecule has 3 nitrogen and oxygen atoms in total. The fourth-order valence-corrected chi connectivity index (χ4v) is 9.68. The average molecular weight is 662 g/mol. The van der Waals surface area contributed by atoms with Crippen LogP contribution in [-0.4, -0.2) is 9.13 Å². The number of aromatic nitrogens is 2. The van der Waals surface area contributed by atoms with Crippen LogP contribution in [0.2, 0.25) is 0 Å². The lowest BCUT2D eigenvalue weighted by molar-refractivity contribution is 0.765. The molecule has 2 N–H and O–H groups in total. The van der Waals surface area contributed by atoms with Crippen LogP contribution in [0.3, 0.4) is 0 Å². The van der Waals surface area contributed by atoms with Crippen LogP contribution in [0.5, 0.6) is 0 Å². The Kier molecular flexibility index (Phi) is 6.85. The van der Waals surface area contributed by atoms with Gasteiger partial charge in [-0.15, -0.1) is 11.8 Å². The van der Waals surface area contributed by atoms with Crippen molar-refractivity contribution < 1.29 is 0 Å². The van der Waals surface area contributed by atoms with Crippen molar-refractivity contribution in [2.45, 2.75) is 23.3 Å². The summed E-state index contributed by atoms with van der Waals surface area (Å²) < 4.78 is 4.81. The molecule has 1 aliphatic rings. The third kappa shape index (κ3) is 4.74. The van der Waals surface area contributed by atoms with Crippen molar-refractivity contribution in [2.24, 2.45) is 0 Å². The number of nitrogens with zero attached hydrogens (tertiary/aromatic N) is 2. The lowest BCUT2D eigenvalue weighted by Gasteiger charge is -2.13. The first-order chi connectivity index (χ1) is 24.7. The molecule has 0 bridgehead atoms. The van der Waals surface area contributed by atoms with Gasteiger partial charge in [-0.05, 0) is 102 Å². The molecule has 4 heteroatoms. The molecular weight excluding hydrogens is 627 g/mol. The monoisotopic (exact) mass is 661 g/mol. The zero-order chi connectivity index (χ0) is 33.2. The summed E-state index contributed by atoms with van der Waals surface area (Å²) in [5.41, 5.74) is 19.3. The first-order valence-corrected chi connectivity index (χ1v) is 18.4. The van der Waals surface area contributed by atoms with E-state index in [9.17, 15) is 0 Å². The first-order valence-electron chi connectivity index (χ1n) is 17.4. The van der Waals surface area contributed by atoms with Crippen molar-refractivity contribution in [1.29, 1.82) is 0 Å². The second kappa shape index (κ2) is 11.7. The quantitative estimate of drug-likeness (QED) is 0.186. The summed E-state index contributed by atoms with van der Waals surface area (Å²) in [6, 6.07) is 59.8. The maximum Gasteiger partial charge on any atom is 0.0542 e. The second-order valence-electron chi connectivity index (χ2n) is 13.5. The molecule has 2 aromatic heterocycles. The molecule has 1 fully saturated rings. The minimum Gasteiger partial charge on any atom is -0.399 e. The van der Waals surface area contributed by atoms with Crippen molar-refractivity contribution in [3.63, 3.8) is 0 Å². The van der Waals surface area contributed by atoms with E-state index in [1.165, 1.54) is 90.1 Å². The zero-order valence-corrected chi connectivity index (χ0v) is 28.4. The van der Waals surface area contributed by atoms with E-state index in [1.54, 1.807) is 0 Å². The number of anilines is 1. The standard InChI is InChI=1S/C46H35N3S/c47-34-21-18-32(19-22-34)46-27-26-45(50-46)31-16-14-30(15-17-31)33-20-24-43-39(28-33)37-10-4-7-13-42(37)49(43)36-23-25-44-40(29-36)38-11-5-6-12-41(38)48(44)35-8-2-1-3-9-35/h1-25,28-29,45-46H,26-27,47H2. The Bertz CT molecular complexity index is 2680. The van der Waals surface area contributed by atoms with Gasteiger partial charge in [-0.3, -0.25) is 0 Å². The second-order valence-corrected chi connectivity index (χ2v) is 14.9. The van der Waals surface area contributed by atoms with Crippen LogP contribution in [0, 0.1) is 0 Å². The average Bonchev–Trinajstić information content (AvgIpc) is 3.88.